The molecule has 3 amide bonds. The van der Waals surface area contributed by atoms with Crippen LogP contribution in [0.25, 0.3) is 0 Å². The molecule has 0 fully saturated rings. The first-order valence-corrected chi connectivity index (χ1v) is 7.01. The lowest BCUT2D eigenvalue weighted by molar-refractivity contribution is -0.126. The van der Waals surface area contributed by atoms with Crippen LogP contribution in [0.15, 0.2) is 18.2 Å². The summed E-state index contributed by atoms with van der Waals surface area (Å²) in [5.41, 5.74) is 7.01. The highest BCUT2D eigenvalue weighted by atomic mass is 16.5. The first kappa shape index (κ1) is 17.0. The van der Waals surface area contributed by atoms with E-state index in [1.807, 2.05) is 30.4 Å². The maximum absolute atomic E-state index is 11.6. The van der Waals surface area contributed by atoms with E-state index in [1.54, 1.807) is 6.92 Å². The normalized spacial score (nSPS) is 11.8. The van der Waals surface area contributed by atoms with Gasteiger partial charge in [-0.1, -0.05) is 24.6 Å². The van der Waals surface area contributed by atoms with E-state index in [9.17, 15) is 9.59 Å². The molecular weight excluding hydrogens is 270 g/mol. The highest BCUT2D eigenvalue weighted by Gasteiger charge is 2.17. The lowest BCUT2D eigenvalue weighted by Crippen LogP contribution is -2.42. The van der Waals surface area contributed by atoms with Crippen LogP contribution in [0.5, 0.6) is 5.75 Å². The van der Waals surface area contributed by atoms with Gasteiger partial charge >= 0.3 is 6.03 Å². The first-order valence-electron chi connectivity index (χ1n) is 7.01. The SMILES string of the molecule is CCCNCc1cc(C)ccc1OC(C)C(=O)NC(N)=O. The van der Waals surface area contributed by atoms with Crippen LogP contribution in [0.2, 0.25) is 0 Å². The number of amides is 3. The van der Waals surface area contributed by atoms with Crippen LogP contribution >= 0.6 is 0 Å². The molecule has 1 atom stereocenters. The second-order valence-corrected chi connectivity index (χ2v) is 4.90. The number of urea groups is 1. The smallest absolute Gasteiger partial charge is 0.318 e. The molecular formula is C15H23N3O3. The fraction of sp³-hybridized carbons (Fsp3) is 0.467. The van der Waals surface area contributed by atoms with Crippen molar-refractivity contribution in [2.75, 3.05) is 6.54 Å². The molecule has 21 heavy (non-hydrogen) atoms. The van der Waals surface area contributed by atoms with Gasteiger partial charge in [-0.05, 0) is 32.9 Å². The summed E-state index contributed by atoms with van der Waals surface area (Å²) < 4.78 is 5.63. The van der Waals surface area contributed by atoms with Crippen molar-refractivity contribution in [2.45, 2.75) is 39.8 Å². The summed E-state index contributed by atoms with van der Waals surface area (Å²) in [7, 11) is 0. The molecule has 1 aromatic rings. The van der Waals surface area contributed by atoms with Gasteiger partial charge in [0.05, 0.1) is 0 Å². The van der Waals surface area contributed by atoms with Crippen molar-refractivity contribution in [1.29, 1.82) is 0 Å². The van der Waals surface area contributed by atoms with E-state index in [2.05, 4.69) is 12.2 Å². The molecule has 0 radical (unpaired) electrons. The zero-order valence-electron chi connectivity index (χ0n) is 12.7. The van der Waals surface area contributed by atoms with E-state index >= 15 is 0 Å². The number of nitrogens with one attached hydrogen (secondary N) is 2. The minimum atomic E-state index is -0.885. The molecule has 0 heterocycles. The van der Waals surface area contributed by atoms with E-state index < -0.39 is 18.0 Å². The predicted molar refractivity (Wildman–Crippen MR) is 81.0 cm³/mol. The minimum Gasteiger partial charge on any atom is -0.481 e. The van der Waals surface area contributed by atoms with Crippen LogP contribution in [0.4, 0.5) is 4.79 Å². The topological polar surface area (TPSA) is 93.4 Å². The zero-order valence-corrected chi connectivity index (χ0v) is 12.7. The Morgan fingerprint density at radius 3 is 2.71 bits per heavy atom. The Balaban J connectivity index is 2.76. The summed E-state index contributed by atoms with van der Waals surface area (Å²) in [5.74, 6) is 0.0619. The fourth-order valence-electron chi connectivity index (χ4n) is 1.83. The number of primary amides is 1. The molecule has 1 unspecified atom stereocenters. The Bertz CT molecular complexity index is 503. The van der Waals surface area contributed by atoms with Crippen molar-refractivity contribution < 1.29 is 14.3 Å². The number of carbonyl (C=O) groups is 2. The molecule has 1 aromatic carbocycles. The van der Waals surface area contributed by atoms with Gasteiger partial charge in [0.2, 0.25) is 0 Å². The molecule has 0 bridgehead atoms. The molecule has 0 aliphatic heterocycles. The summed E-state index contributed by atoms with van der Waals surface area (Å²) in [4.78, 5) is 22.3. The van der Waals surface area contributed by atoms with Gasteiger partial charge < -0.3 is 15.8 Å². The second kappa shape index (κ2) is 8.26. The standard InChI is InChI=1S/C15H23N3O3/c1-4-7-17-9-12-8-10(2)5-6-13(12)21-11(3)14(19)18-15(16)20/h5-6,8,11,17H,4,7,9H2,1-3H3,(H3,16,18,19,20). The number of nitrogens with two attached hydrogens (primary N) is 1. The van der Waals surface area contributed by atoms with Gasteiger partial charge in [-0.15, -0.1) is 0 Å². The minimum absolute atomic E-state index is 0.560. The molecule has 0 saturated carbocycles. The van der Waals surface area contributed by atoms with Crippen molar-refractivity contribution in [3.8, 4) is 5.75 Å². The van der Waals surface area contributed by atoms with Crippen LogP contribution in [-0.4, -0.2) is 24.6 Å². The van der Waals surface area contributed by atoms with Gasteiger partial charge in [0, 0.05) is 12.1 Å². The van der Waals surface area contributed by atoms with E-state index in [4.69, 9.17) is 10.5 Å². The van der Waals surface area contributed by atoms with Crippen LogP contribution in [0.3, 0.4) is 0 Å². The number of rotatable bonds is 7. The molecule has 4 N–H and O–H groups in total. The van der Waals surface area contributed by atoms with Gasteiger partial charge in [-0.2, -0.15) is 0 Å². The van der Waals surface area contributed by atoms with E-state index in [0.29, 0.717) is 12.3 Å². The number of ether oxygens (including phenoxy) is 1. The number of hydrogen-bond acceptors (Lipinski definition) is 4. The van der Waals surface area contributed by atoms with Crippen molar-refractivity contribution in [3.05, 3.63) is 29.3 Å². The largest absolute Gasteiger partial charge is 0.481 e. The highest BCUT2D eigenvalue weighted by Crippen LogP contribution is 2.21. The molecule has 0 saturated heterocycles. The summed E-state index contributed by atoms with van der Waals surface area (Å²) in [6.45, 7) is 7.23. The van der Waals surface area contributed by atoms with Crippen LogP contribution in [-0.2, 0) is 11.3 Å². The Kier molecular flexibility index (Phi) is 6.68. The van der Waals surface area contributed by atoms with Crippen LogP contribution in [0.1, 0.15) is 31.4 Å². The number of hydrogen-bond donors (Lipinski definition) is 3. The highest BCUT2D eigenvalue weighted by molar-refractivity contribution is 5.95. The predicted octanol–water partition coefficient (Wildman–Crippen LogP) is 1.46. The molecule has 0 aliphatic carbocycles. The van der Waals surface area contributed by atoms with Gasteiger partial charge in [-0.25, -0.2) is 4.79 Å². The summed E-state index contributed by atoms with van der Waals surface area (Å²) in [5, 5.41) is 5.30. The first-order chi connectivity index (χ1) is 9.93. The number of imide groups is 1. The Morgan fingerprint density at radius 2 is 2.10 bits per heavy atom. The lowest BCUT2D eigenvalue weighted by Gasteiger charge is -2.17. The molecule has 0 aromatic heterocycles. The molecule has 116 valence electrons. The average molecular weight is 293 g/mol. The van der Waals surface area contributed by atoms with Crippen LogP contribution in [0, 0.1) is 6.92 Å². The maximum atomic E-state index is 11.6. The molecule has 0 spiro atoms. The molecule has 6 heteroatoms. The Hall–Kier alpha value is -2.08. The third-order valence-electron chi connectivity index (χ3n) is 2.88. The molecule has 1 rings (SSSR count). The van der Waals surface area contributed by atoms with Gasteiger partial charge in [0.25, 0.3) is 5.91 Å². The van der Waals surface area contributed by atoms with Crippen molar-refractivity contribution >= 4 is 11.9 Å². The maximum Gasteiger partial charge on any atom is 0.318 e. The molecule has 6 nitrogen and oxygen atoms in total. The monoisotopic (exact) mass is 293 g/mol. The van der Waals surface area contributed by atoms with Crippen molar-refractivity contribution in [2.24, 2.45) is 5.73 Å². The fourth-order valence-corrected chi connectivity index (χ4v) is 1.83. The number of benzene rings is 1. The lowest BCUT2D eigenvalue weighted by atomic mass is 10.1. The third kappa shape index (κ3) is 5.83. The molecule has 0 aliphatic rings. The van der Waals surface area contributed by atoms with Gasteiger partial charge in [0.1, 0.15) is 5.75 Å². The van der Waals surface area contributed by atoms with Gasteiger partial charge in [-0.3, -0.25) is 10.1 Å². The quantitative estimate of drug-likeness (QED) is 0.663. The van der Waals surface area contributed by atoms with E-state index in [-0.39, 0.29) is 0 Å². The number of aryl methyl sites for hydroxylation is 1. The van der Waals surface area contributed by atoms with Crippen molar-refractivity contribution in [1.82, 2.24) is 10.6 Å². The third-order valence-corrected chi connectivity index (χ3v) is 2.88. The summed E-state index contributed by atoms with van der Waals surface area (Å²) in [6, 6.07) is 4.87. The Labute approximate surface area is 125 Å². The van der Waals surface area contributed by atoms with Gasteiger partial charge in [0.15, 0.2) is 6.10 Å². The second-order valence-electron chi connectivity index (χ2n) is 4.90. The van der Waals surface area contributed by atoms with Crippen molar-refractivity contribution in [3.63, 3.8) is 0 Å². The average Bonchev–Trinajstić information content (AvgIpc) is 2.41. The summed E-state index contributed by atoms with van der Waals surface area (Å²) in [6.07, 6.45) is 0.240. The van der Waals surface area contributed by atoms with E-state index in [1.165, 1.54) is 0 Å². The zero-order chi connectivity index (χ0) is 15.8. The summed E-state index contributed by atoms with van der Waals surface area (Å²) >= 11 is 0. The Morgan fingerprint density at radius 1 is 1.38 bits per heavy atom. The number of carbonyl (C=O) groups excluding carboxylic acids is 2. The van der Waals surface area contributed by atoms with Crippen LogP contribution < -0.4 is 21.1 Å². The van der Waals surface area contributed by atoms with E-state index in [0.717, 1.165) is 24.1 Å².